The molecule has 0 aliphatic heterocycles. The van der Waals surface area contributed by atoms with Crippen LogP contribution in [0, 0.1) is 0 Å². The van der Waals surface area contributed by atoms with Crippen molar-refractivity contribution in [2.75, 3.05) is 5.73 Å². The molecule has 6 heteroatoms. The number of nitrogen functional groups attached to an aromatic ring is 1. The molecule has 0 fully saturated rings. The lowest BCUT2D eigenvalue weighted by atomic mass is 10.1. The van der Waals surface area contributed by atoms with Crippen LogP contribution in [0.5, 0.6) is 0 Å². The van der Waals surface area contributed by atoms with Gasteiger partial charge in [-0.2, -0.15) is 13.2 Å². The van der Waals surface area contributed by atoms with Gasteiger partial charge in [-0.1, -0.05) is 12.2 Å². The molecule has 0 aliphatic carbocycles. The molecule has 0 saturated heterocycles. The summed E-state index contributed by atoms with van der Waals surface area (Å²) in [6.07, 6.45) is -4.47. The Kier molecular flexibility index (Phi) is 2.66. The molecule has 0 aromatic heterocycles. The molecule has 14 heavy (non-hydrogen) atoms. The summed E-state index contributed by atoms with van der Waals surface area (Å²) in [4.78, 5) is -0.315. The van der Waals surface area contributed by atoms with E-state index in [1.54, 1.807) is 0 Å². The monoisotopic (exact) mass is 220 g/mol. The van der Waals surface area contributed by atoms with Crippen LogP contribution in [0.15, 0.2) is 18.2 Å². The molecule has 4 N–H and O–H groups in total. The molecule has 0 radical (unpaired) electrons. The molecule has 1 aromatic carbocycles. The van der Waals surface area contributed by atoms with E-state index in [4.69, 9.17) is 11.5 Å². The van der Waals surface area contributed by atoms with E-state index in [-0.39, 0.29) is 16.2 Å². The third-order valence-corrected chi connectivity index (χ3v) is 1.83. The molecule has 0 unspecified atom stereocenters. The van der Waals surface area contributed by atoms with E-state index < -0.39 is 11.7 Å². The minimum atomic E-state index is -4.47. The average molecular weight is 220 g/mol. The zero-order chi connectivity index (χ0) is 10.9. The lowest BCUT2D eigenvalue weighted by Gasteiger charge is -2.11. The van der Waals surface area contributed by atoms with Crippen molar-refractivity contribution >= 4 is 22.9 Å². The zero-order valence-electron chi connectivity index (χ0n) is 6.93. The Labute approximate surface area is 83.7 Å². The molecular weight excluding hydrogens is 213 g/mol. The molecule has 1 aromatic rings. The molecule has 0 saturated carbocycles. The summed E-state index contributed by atoms with van der Waals surface area (Å²) in [5, 5.41) is 0. The molecule has 1 rings (SSSR count). The Bertz CT molecular complexity index is 373. The Balaban J connectivity index is 3.37. The number of benzene rings is 1. The SMILES string of the molecule is NC(=S)c1cc(N)ccc1C(F)(F)F. The van der Waals surface area contributed by atoms with Gasteiger partial charge in [-0.15, -0.1) is 0 Å². The summed E-state index contributed by atoms with van der Waals surface area (Å²) in [6, 6.07) is 3.14. The van der Waals surface area contributed by atoms with E-state index in [1.165, 1.54) is 0 Å². The predicted octanol–water partition coefficient (Wildman–Crippen LogP) is 1.92. The summed E-state index contributed by atoms with van der Waals surface area (Å²) < 4.78 is 37.2. The summed E-state index contributed by atoms with van der Waals surface area (Å²) >= 11 is 4.50. The Morgan fingerprint density at radius 3 is 2.29 bits per heavy atom. The molecule has 76 valence electrons. The lowest BCUT2D eigenvalue weighted by molar-refractivity contribution is -0.137. The van der Waals surface area contributed by atoms with Crippen LogP contribution in [0.1, 0.15) is 11.1 Å². The molecule has 0 aliphatic rings. The number of halogens is 3. The number of rotatable bonds is 1. The maximum absolute atomic E-state index is 12.4. The fourth-order valence-corrected chi connectivity index (χ4v) is 1.18. The molecule has 0 atom stereocenters. The van der Waals surface area contributed by atoms with Gasteiger partial charge in [0.15, 0.2) is 0 Å². The third kappa shape index (κ3) is 2.14. The molecular formula is C8H7F3N2S. The van der Waals surface area contributed by atoms with Crippen LogP contribution in [-0.4, -0.2) is 4.99 Å². The zero-order valence-corrected chi connectivity index (χ0v) is 7.75. The van der Waals surface area contributed by atoms with E-state index in [2.05, 4.69) is 12.2 Å². The second kappa shape index (κ2) is 3.45. The molecule has 0 bridgehead atoms. The van der Waals surface area contributed by atoms with Gasteiger partial charge < -0.3 is 11.5 Å². The van der Waals surface area contributed by atoms with Crippen LogP contribution < -0.4 is 11.5 Å². The Hall–Kier alpha value is -1.30. The van der Waals surface area contributed by atoms with Crippen LogP contribution in [0.3, 0.4) is 0 Å². The minimum absolute atomic E-state index is 0.195. The lowest BCUT2D eigenvalue weighted by Crippen LogP contribution is -2.18. The van der Waals surface area contributed by atoms with Crippen LogP contribution in [0.25, 0.3) is 0 Å². The molecule has 0 amide bonds. The first-order valence-electron chi connectivity index (χ1n) is 3.59. The highest BCUT2D eigenvalue weighted by Gasteiger charge is 2.33. The van der Waals surface area contributed by atoms with Crippen LogP contribution >= 0.6 is 12.2 Å². The van der Waals surface area contributed by atoms with Gasteiger partial charge in [-0.25, -0.2) is 0 Å². The number of anilines is 1. The highest BCUT2D eigenvalue weighted by Crippen LogP contribution is 2.32. The smallest absolute Gasteiger partial charge is 0.399 e. The van der Waals surface area contributed by atoms with Crippen LogP contribution in [0.4, 0.5) is 18.9 Å². The highest BCUT2D eigenvalue weighted by molar-refractivity contribution is 7.80. The van der Waals surface area contributed by atoms with Crippen molar-refractivity contribution in [3.05, 3.63) is 29.3 Å². The minimum Gasteiger partial charge on any atom is -0.399 e. The van der Waals surface area contributed by atoms with Crippen molar-refractivity contribution in [1.29, 1.82) is 0 Å². The van der Waals surface area contributed by atoms with Crippen molar-refractivity contribution < 1.29 is 13.2 Å². The van der Waals surface area contributed by atoms with Crippen molar-refractivity contribution in [2.45, 2.75) is 6.18 Å². The Morgan fingerprint density at radius 2 is 1.86 bits per heavy atom. The third-order valence-electron chi connectivity index (χ3n) is 1.61. The highest BCUT2D eigenvalue weighted by atomic mass is 32.1. The summed E-state index contributed by atoms with van der Waals surface area (Å²) in [6.45, 7) is 0. The molecule has 2 nitrogen and oxygen atoms in total. The topological polar surface area (TPSA) is 52.0 Å². The van der Waals surface area contributed by atoms with E-state index in [1.807, 2.05) is 0 Å². The number of nitrogens with two attached hydrogens (primary N) is 2. The summed E-state index contributed by atoms with van der Waals surface area (Å²) in [5.41, 5.74) is 9.57. The average Bonchev–Trinajstić information content (AvgIpc) is 2.01. The number of hydrogen-bond acceptors (Lipinski definition) is 2. The van der Waals surface area contributed by atoms with Gasteiger partial charge in [0.05, 0.1) is 5.56 Å². The first-order chi connectivity index (χ1) is 6.32. The van der Waals surface area contributed by atoms with Crippen LogP contribution in [0.2, 0.25) is 0 Å². The van der Waals surface area contributed by atoms with Gasteiger partial charge in [0.2, 0.25) is 0 Å². The number of thiocarbonyl (C=S) groups is 1. The quantitative estimate of drug-likeness (QED) is 0.561. The maximum Gasteiger partial charge on any atom is 0.417 e. The van der Waals surface area contributed by atoms with E-state index in [9.17, 15) is 13.2 Å². The van der Waals surface area contributed by atoms with Crippen molar-refractivity contribution in [2.24, 2.45) is 5.73 Å². The van der Waals surface area contributed by atoms with Gasteiger partial charge in [0.25, 0.3) is 0 Å². The van der Waals surface area contributed by atoms with E-state index in [0.717, 1.165) is 18.2 Å². The van der Waals surface area contributed by atoms with E-state index in [0.29, 0.717) is 0 Å². The second-order valence-electron chi connectivity index (χ2n) is 2.67. The normalized spacial score (nSPS) is 11.4. The largest absolute Gasteiger partial charge is 0.417 e. The molecule has 0 heterocycles. The maximum atomic E-state index is 12.4. The first kappa shape index (κ1) is 10.8. The summed E-state index contributed by atoms with van der Waals surface area (Å²) in [7, 11) is 0. The Morgan fingerprint density at radius 1 is 1.29 bits per heavy atom. The van der Waals surface area contributed by atoms with Crippen molar-refractivity contribution in [3.8, 4) is 0 Å². The number of alkyl halides is 3. The van der Waals surface area contributed by atoms with Gasteiger partial charge in [-0.05, 0) is 18.2 Å². The number of hydrogen-bond donors (Lipinski definition) is 2. The van der Waals surface area contributed by atoms with Crippen molar-refractivity contribution in [1.82, 2.24) is 0 Å². The van der Waals surface area contributed by atoms with Gasteiger partial charge >= 0.3 is 6.18 Å². The second-order valence-corrected chi connectivity index (χ2v) is 3.11. The predicted molar refractivity (Wildman–Crippen MR) is 51.7 cm³/mol. The molecule has 0 spiro atoms. The van der Waals surface area contributed by atoms with Crippen molar-refractivity contribution in [3.63, 3.8) is 0 Å². The summed E-state index contributed by atoms with van der Waals surface area (Å²) in [5.74, 6) is 0. The van der Waals surface area contributed by atoms with Gasteiger partial charge in [0, 0.05) is 11.3 Å². The standard InChI is InChI=1S/C8H7F3N2S/c9-8(10,11)6-2-1-4(12)3-5(6)7(13)14/h1-3H,12H2,(H2,13,14). The fourth-order valence-electron chi connectivity index (χ4n) is 1.01. The van der Waals surface area contributed by atoms with E-state index >= 15 is 0 Å². The fraction of sp³-hybridized carbons (Fsp3) is 0.125. The van der Waals surface area contributed by atoms with Gasteiger partial charge in [0.1, 0.15) is 4.99 Å². The van der Waals surface area contributed by atoms with Crippen LogP contribution in [-0.2, 0) is 6.18 Å². The first-order valence-corrected chi connectivity index (χ1v) is 3.99. The van der Waals surface area contributed by atoms with Gasteiger partial charge in [-0.3, -0.25) is 0 Å².